The number of piperidine rings is 1. The second kappa shape index (κ2) is 7.98. The average molecular weight is 393 g/mol. The molecule has 1 aromatic rings. The Morgan fingerprint density at radius 3 is 2.78 bits per heavy atom. The highest BCUT2D eigenvalue weighted by Gasteiger charge is 2.33. The number of hydrogen-bond donors (Lipinski definition) is 3. The van der Waals surface area contributed by atoms with Crippen LogP contribution in [0.1, 0.15) is 39.2 Å². The molecule has 3 rings (SSSR count). The van der Waals surface area contributed by atoms with Crippen LogP contribution in [0, 0.1) is 11.8 Å². The summed E-state index contributed by atoms with van der Waals surface area (Å²) in [6.07, 6.45) is 1.56. The summed E-state index contributed by atoms with van der Waals surface area (Å²) in [7, 11) is -3.61. The van der Waals surface area contributed by atoms with Crippen LogP contribution in [-0.4, -0.2) is 45.3 Å². The second-order valence-corrected chi connectivity index (χ2v) is 9.46. The highest BCUT2D eigenvalue weighted by atomic mass is 32.2. The van der Waals surface area contributed by atoms with E-state index in [-0.39, 0.29) is 28.6 Å². The maximum absolute atomic E-state index is 12.9. The van der Waals surface area contributed by atoms with Crippen LogP contribution >= 0.6 is 0 Å². The molecule has 0 saturated carbocycles. The zero-order valence-electron chi connectivity index (χ0n) is 16.0. The molecule has 0 bridgehead atoms. The number of hydrogen-bond acceptors (Lipinski definition) is 5. The van der Waals surface area contributed by atoms with E-state index in [0.717, 1.165) is 19.5 Å². The van der Waals surface area contributed by atoms with Gasteiger partial charge in [0.1, 0.15) is 11.9 Å². The Morgan fingerprint density at radius 1 is 1.33 bits per heavy atom. The van der Waals surface area contributed by atoms with Crippen molar-refractivity contribution < 1.29 is 13.2 Å². The van der Waals surface area contributed by atoms with Gasteiger partial charge >= 0.3 is 0 Å². The molecule has 3 N–H and O–H groups in total. The first-order chi connectivity index (χ1) is 12.8. The van der Waals surface area contributed by atoms with E-state index in [9.17, 15) is 13.2 Å². The SMILES string of the molecule is CC(C)CC(N=C1NS(=O)(=O)c2ccccc21)C(=O)NC1CNCCC1C. The summed E-state index contributed by atoms with van der Waals surface area (Å²) in [4.78, 5) is 17.7. The summed E-state index contributed by atoms with van der Waals surface area (Å²) in [6, 6.07) is 6.13. The molecule has 0 aromatic heterocycles. The maximum Gasteiger partial charge on any atom is 0.263 e. The molecule has 1 saturated heterocycles. The van der Waals surface area contributed by atoms with E-state index >= 15 is 0 Å². The van der Waals surface area contributed by atoms with Gasteiger partial charge in [-0.25, -0.2) is 8.42 Å². The van der Waals surface area contributed by atoms with Crippen molar-refractivity contribution in [3.05, 3.63) is 29.8 Å². The molecule has 8 heteroatoms. The minimum absolute atomic E-state index is 0.0636. The Kier molecular flexibility index (Phi) is 5.86. The molecule has 0 radical (unpaired) electrons. The summed E-state index contributed by atoms with van der Waals surface area (Å²) in [5.74, 6) is 0.745. The van der Waals surface area contributed by atoms with Gasteiger partial charge in [0.05, 0.1) is 4.90 Å². The lowest BCUT2D eigenvalue weighted by Gasteiger charge is -2.31. The van der Waals surface area contributed by atoms with Crippen molar-refractivity contribution in [2.75, 3.05) is 13.1 Å². The molecule has 148 valence electrons. The lowest BCUT2D eigenvalue weighted by molar-refractivity contribution is -0.123. The highest BCUT2D eigenvalue weighted by Crippen LogP contribution is 2.23. The van der Waals surface area contributed by atoms with Crippen LogP contribution in [0.2, 0.25) is 0 Å². The second-order valence-electron chi connectivity index (χ2n) is 7.81. The Balaban J connectivity index is 1.85. The van der Waals surface area contributed by atoms with E-state index in [0.29, 0.717) is 17.9 Å². The molecule has 3 atom stereocenters. The van der Waals surface area contributed by atoms with Crippen LogP contribution in [0.15, 0.2) is 34.2 Å². The largest absolute Gasteiger partial charge is 0.350 e. The third kappa shape index (κ3) is 4.50. The summed E-state index contributed by atoms with van der Waals surface area (Å²) >= 11 is 0. The molecule has 1 aromatic carbocycles. The van der Waals surface area contributed by atoms with Gasteiger partial charge < -0.3 is 10.6 Å². The number of amidine groups is 1. The van der Waals surface area contributed by atoms with Gasteiger partial charge in [-0.2, -0.15) is 0 Å². The fourth-order valence-corrected chi connectivity index (χ4v) is 4.75. The molecule has 0 aliphatic carbocycles. The molecular formula is C19H28N4O3S. The number of amides is 1. The van der Waals surface area contributed by atoms with Gasteiger partial charge in [0.15, 0.2) is 0 Å². The summed E-state index contributed by atoms with van der Waals surface area (Å²) in [5.41, 5.74) is 0.520. The molecule has 1 amide bonds. The number of nitrogens with one attached hydrogen (secondary N) is 3. The van der Waals surface area contributed by atoms with Gasteiger partial charge in [0, 0.05) is 18.2 Å². The van der Waals surface area contributed by atoms with E-state index < -0.39 is 16.1 Å². The zero-order chi connectivity index (χ0) is 19.6. The van der Waals surface area contributed by atoms with Crippen molar-refractivity contribution in [3.63, 3.8) is 0 Å². The fourth-order valence-electron chi connectivity index (χ4n) is 3.51. The first-order valence-corrected chi connectivity index (χ1v) is 11.0. The lowest BCUT2D eigenvalue weighted by atomic mass is 9.94. The number of benzene rings is 1. The van der Waals surface area contributed by atoms with Crippen molar-refractivity contribution >= 4 is 21.8 Å². The highest BCUT2D eigenvalue weighted by molar-refractivity contribution is 7.90. The summed E-state index contributed by atoms with van der Waals surface area (Å²) in [5, 5.41) is 6.41. The first-order valence-electron chi connectivity index (χ1n) is 9.49. The van der Waals surface area contributed by atoms with Crippen LogP contribution in [0.5, 0.6) is 0 Å². The van der Waals surface area contributed by atoms with Gasteiger partial charge in [0.2, 0.25) is 5.91 Å². The van der Waals surface area contributed by atoms with Crippen molar-refractivity contribution in [2.45, 2.75) is 50.6 Å². The Bertz CT molecular complexity index is 835. The standard InChI is InChI=1S/C19H28N4O3S/c1-12(2)10-15(19(24)22-16-11-20-9-8-13(16)3)21-18-14-6-4-5-7-17(14)27(25,26)23-18/h4-7,12-13,15-16,20H,8-11H2,1-3H3,(H,21,23)(H,22,24). The minimum atomic E-state index is -3.61. The third-order valence-electron chi connectivity index (χ3n) is 5.10. The van der Waals surface area contributed by atoms with Crippen LogP contribution < -0.4 is 15.4 Å². The number of nitrogens with zero attached hydrogens (tertiary/aromatic N) is 1. The van der Waals surface area contributed by atoms with Gasteiger partial charge in [-0.15, -0.1) is 0 Å². The van der Waals surface area contributed by atoms with Crippen LogP contribution in [-0.2, 0) is 14.8 Å². The van der Waals surface area contributed by atoms with Crippen LogP contribution in [0.4, 0.5) is 0 Å². The van der Waals surface area contributed by atoms with Gasteiger partial charge in [-0.3, -0.25) is 14.5 Å². The third-order valence-corrected chi connectivity index (χ3v) is 6.50. The first kappa shape index (κ1) is 19.8. The predicted molar refractivity (Wildman–Crippen MR) is 105 cm³/mol. The molecule has 2 aliphatic heterocycles. The van der Waals surface area contributed by atoms with Gasteiger partial charge in [-0.05, 0) is 43.4 Å². The normalized spacial score (nSPS) is 26.4. The van der Waals surface area contributed by atoms with Crippen molar-refractivity contribution in [2.24, 2.45) is 16.8 Å². The Labute approximate surface area is 161 Å². The van der Waals surface area contributed by atoms with Gasteiger partial charge in [-0.1, -0.05) is 32.9 Å². The van der Waals surface area contributed by atoms with Gasteiger partial charge in [0.25, 0.3) is 10.0 Å². The van der Waals surface area contributed by atoms with Crippen molar-refractivity contribution in [1.29, 1.82) is 0 Å². The van der Waals surface area contributed by atoms with E-state index in [1.807, 2.05) is 13.8 Å². The summed E-state index contributed by atoms with van der Waals surface area (Å²) in [6.45, 7) is 7.89. The Morgan fingerprint density at radius 2 is 2.07 bits per heavy atom. The van der Waals surface area contributed by atoms with Crippen molar-refractivity contribution in [3.8, 4) is 0 Å². The predicted octanol–water partition coefficient (Wildman–Crippen LogP) is 1.25. The molecule has 3 unspecified atom stereocenters. The van der Waals surface area contributed by atoms with E-state index in [1.165, 1.54) is 0 Å². The van der Waals surface area contributed by atoms with Crippen LogP contribution in [0.3, 0.4) is 0 Å². The minimum Gasteiger partial charge on any atom is -0.350 e. The summed E-state index contributed by atoms with van der Waals surface area (Å²) < 4.78 is 27.1. The smallest absolute Gasteiger partial charge is 0.263 e. The number of fused-ring (bicyclic) bond motifs is 1. The molecule has 0 spiro atoms. The zero-order valence-corrected chi connectivity index (χ0v) is 16.8. The maximum atomic E-state index is 12.9. The van der Waals surface area contributed by atoms with E-state index in [1.54, 1.807) is 24.3 Å². The number of rotatable bonds is 5. The molecule has 7 nitrogen and oxygen atoms in total. The molecule has 27 heavy (non-hydrogen) atoms. The molecule has 2 aliphatic rings. The fraction of sp³-hybridized carbons (Fsp3) is 0.579. The lowest BCUT2D eigenvalue weighted by Crippen LogP contribution is -2.52. The van der Waals surface area contributed by atoms with E-state index in [4.69, 9.17) is 0 Å². The molecule has 2 heterocycles. The topological polar surface area (TPSA) is 99.7 Å². The number of carbonyl (C=O) groups is 1. The average Bonchev–Trinajstić information content (AvgIpc) is 2.87. The molecule has 1 fully saturated rings. The monoisotopic (exact) mass is 392 g/mol. The number of aliphatic imine (C=N–C) groups is 1. The Hall–Kier alpha value is -1.93. The quantitative estimate of drug-likeness (QED) is 0.702. The number of carbonyl (C=O) groups excluding carboxylic acids is 1. The van der Waals surface area contributed by atoms with Crippen molar-refractivity contribution in [1.82, 2.24) is 15.4 Å². The van der Waals surface area contributed by atoms with E-state index in [2.05, 4.69) is 27.3 Å². The number of sulfonamides is 1. The molecular weight excluding hydrogens is 364 g/mol. The van der Waals surface area contributed by atoms with Crippen LogP contribution in [0.25, 0.3) is 0 Å².